The number of allylic oxidation sites excluding steroid dienone is 1. The highest BCUT2D eigenvalue weighted by atomic mass is 16.3. The first-order valence-corrected chi connectivity index (χ1v) is 6.43. The number of hydrogen-bond donors (Lipinski definition) is 2. The second-order valence-corrected chi connectivity index (χ2v) is 4.92. The van der Waals surface area contributed by atoms with Crippen LogP contribution < -0.4 is 5.32 Å². The highest BCUT2D eigenvalue weighted by Crippen LogP contribution is 2.14. The summed E-state index contributed by atoms with van der Waals surface area (Å²) in [6.07, 6.45) is 9.15. The third-order valence-corrected chi connectivity index (χ3v) is 3.27. The zero-order valence-electron chi connectivity index (χ0n) is 10.4. The molecule has 2 nitrogen and oxygen atoms in total. The van der Waals surface area contributed by atoms with E-state index in [4.69, 9.17) is 0 Å². The van der Waals surface area contributed by atoms with Crippen molar-refractivity contribution in [3.8, 4) is 5.75 Å². The molecule has 1 aromatic carbocycles. The van der Waals surface area contributed by atoms with E-state index in [1.165, 1.54) is 18.4 Å². The molecule has 0 aliphatic heterocycles. The first kappa shape index (κ1) is 12.2. The lowest BCUT2D eigenvalue weighted by Crippen LogP contribution is -2.38. The Kier molecular flexibility index (Phi) is 4.21. The minimum Gasteiger partial charge on any atom is -0.508 e. The molecule has 0 spiro atoms. The van der Waals surface area contributed by atoms with Gasteiger partial charge in [0.2, 0.25) is 0 Å². The largest absolute Gasteiger partial charge is 0.508 e. The van der Waals surface area contributed by atoms with Crippen molar-refractivity contribution in [1.82, 2.24) is 5.32 Å². The van der Waals surface area contributed by atoms with Gasteiger partial charge in [-0.1, -0.05) is 24.3 Å². The van der Waals surface area contributed by atoms with E-state index in [0.29, 0.717) is 17.8 Å². The standard InChI is InChI=1S/C15H21NO/c1-12(16-14-5-3-2-4-6-14)11-13-7-9-15(17)10-8-13/h2-3,7-10,12,14,16-17H,4-6,11H2,1H3. The predicted octanol–water partition coefficient (Wildman–Crippen LogP) is 3.02. The van der Waals surface area contributed by atoms with Gasteiger partial charge in [-0.05, 0) is 50.3 Å². The molecule has 0 amide bonds. The second-order valence-electron chi connectivity index (χ2n) is 4.92. The summed E-state index contributed by atoms with van der Waals surface area (Å²) in [5.74, 6) is 0.340. The van der Waals surface area contributed by atoms with Gasteiger partial charge in [-0.2, -0.15) is 0 Å². The third-order valence-electron chi connectivity index (χ3n) is 3.27. The van der Waals surface area contributed by atoms with Crippen molar-refractivity contribution in [2.45, 2.75) is 44.7 Å². The smallest absolute Gasteiger partial charge is 0.115 e. The molecular formula is C15H21NO. The van der Waals surface area contributed by atoms with E-state index in [2.05, 4.69) is 24.4 Å². The Labute approximate surface area is 103 Å². The van der Waals surface area contributed by atoms with E-state index in [1.54, 1.807) is 12.1 Å². The van der Waals surface area contributed by atoms with Gasteiger partial charge < -0.3 is 10.4 Å². The lowest BCUT2D eigenvalue weighted by Gasteiger charge is -2.24. The molecule has 0 saturated carbocycles. The molecule has 92 valence electrons. The number of phenolic OH excluding ortho intramolecular Hbond substituents is 1. The Morgan fingerprint density at radius 3 is 2.71 bits per heavy atom. The van der Waals surface area contributed by atoms with Crippen LogP contribution in [0.25, 0.3) is 0 Å². The first-order valence-electron chi connectivity index (χ1n) is 6.43. The van der Waals surface area contributed by atoms with Crippen LogP contribution >= 0.6 is 0 Å². The zero-order valence-corrected chi connectivity index (χ0v) is 10.4. The summed E-state index contributed by atoms with van der Waals surface area (Å²) in [5.41, 5.74) is 1.27. The van der Waals surface area contributed by atoms with Gasteiger partial charge in [0.25, 0.3) is 0 Å². The van der Waals surface area contributed by atoms with Gasteiger partial charge in [0.05, 0.1) is 0 Å². The van der Waals surface area contributed by atoms with Crippen molar-refractivity contribution in [2.24, 2.45) is 0 Å². The van der Waals surface area contributed by atoms with Gasteiger partial charge in [0, 0.05) is 12.1 Å². The molecular weight excluding hydrogens is 210 g/mol. The molecule has 0 saturated heterocycles. The average molecular weight is 231 g/mol. The lowest BCUT2D eigenvalue weighted by atomic mass is 9.99. The summed E-state index contributed by atoms with van der Waals surface area (Å²) in [5, 5.41) is 12.9. The maximum absolute atomic E-state index is 9.23. The van der Waals surface area contributed by atoms with E-state index in [1.807, 2.05) is 12.1 Å². The summed E-state index contributed by atoms with van der Waals surface area (Å²) >= 11 is 0. The van der Waals surface area contributed by atoms with Crippen molar-refractivity contribution >= 4 is 0 Å². The summed E-state index contributed by atoms with van der Waals surface area (Å²) < 4.78 is 0. The lowest BCUT2D eigenvalue weighted by molar-refractivity contribution is 0.416. The SMILES string of the molecule is CC(Cc1ccc(O)cc1)NC1CC=CCC1. The Balaban J connectivity index is 1.82. The monoisotopic (exact) mass is 231 g/mol. The molecule has 1 aromatic rings. The van der Waals surface area contributed by atoms with Crippen LogP contribution in [0.15, 0.2) is 36.4 Å². The third kappa shape index (κ3) is 3.90. The zero-order chi connectivity index (χ0) is 12.1. The average Bonchev–Trinajstić information content (AvgIpc) is 2.33. The maximum Gasteiger partial charge on any atom is 0.115 e. The molecule has 17 heavy (non-hydrogen) atoms. The number of rotatable bonds is 4. The van der Waals surface area contributed by atoms with E-state index in [-0.39, 0.29) is 0 Å². The number of nitrogens with one attached hydrogen (secondary N) is 1. The van der Waals surface area contributed by atoms with E-state index in [9.17, 15) is 5.11 Å². The minimum absolute atomic E-state index is 0.340. The molecule has 2 unspecified atom stereocenters. The Morgan fingerprint density at radius 2 is 2.06 bits per heavy atom. The quantitative estimate of drug-likeness (QED) is 0.781. The van der Waals surface area contributed by atoms with Crippen LogP contribution in [0.3, 0.4) is 0 Å². The molecule has 1 aliphatic carbocycles. The Bertz CT molecular complexity index is 369. The van der Waals surface area contributed by atoms with Crippen LogP contribution in [0, 0.1) is 0 Å². The number of aromatic hydroxyl groups is 1. The van der Waals surface area contributed by atoms with Crippen molar-refractivity contribution in [3.05, 3.63) is 42.0 Å². The molecule has 0 radical (unpaired) electrons. The summed E-state index contributed by atoms with van der Waals surface area (Å²) in [6.45, 7) is 2.23. The van der Waals surface area contributed by atoms with E-state index < -0.39 is 0 Å². The molecule has 2 rings (SSSR count). The highest BCUT2D eigenvalue weighted by Gasteiger charge is 2.12. The van der Waals surface area contributed by atoms with E-state index >= 15 is 0 Å². The fourth-order valence-electron chi connectivity index (χ4n) is 2.39. The summed E-state index contributed by atoms with van der Waals surface area (Å²) in [6, 6.07) is 8.61. The van der Waals surface area contributed by atoms with Crippen LogP contribution in [0.4, 0.5) is 0 Å². The number of benzene rings is 1. The van der Waals surface area contributed by atoms with Gasteiger partial charge >= 0.3 is 0 Å². The van der Waals surface area contributed by atoms with Crippen LogP contribution in [-0.4, -0.2) is 17.2 Å². The molecule has 2 atom stereocenters. The normalized spacial score (nSPS) is 21.4. The highest BCUT2D eigenvalue weighted by molar-refractivity contribution is 5.26. The minimum atomic E-state index is 0.340. The molecule has 2 N–H and O–H groups in total. The number of hydrogen-bond acceptors (Lipinski definition) is 2. The van der Waals surface area contributed by atoms with Crippen molar-refractivity contribution in [2.75, 3.05) is 0 Å². The molecule has 0 aromatic heterocycles. The van der Waals surface area contributed by atoms with Crippen LogP contribution in [0.2, 0.25) is 0 Å². The van der Waals surface area contributed by atoms with Crippen LogP contribution in [0.5, 0.6) is 5.75 Å². The topological polar surface area (TPSA) is 32.3 Å². The van der Waals surface area contributed by atoms with Crippen LogP contribution in [-0.2, 0) is 6.42 Å². The van der Waals surface area contributed by atoms with Crippen molar-refractivity contribution in [1.29, 1.82) is 0 Å². The molecule has 0 bridgehead atoms. The van der Waals surface area contributed by atoms with Gasteiger partial charge in [-0.3, -0.25) is 0 Å². The number of phenols is 1. The molecule has 1 aliphatic rings. The van der Waals surface area contributed by atoms with Gasteiger partial charge in [0.1, 0.15) is 5.75 Å². The second kappa shape index (κ2) is 5.87. The maximum atomic E-state index is 9.23. The van der Waals surface area contributed by atoms with Crippen molar-refractivity contribution in [3.63, 3.8) is 0 Å². The molecule has 2 heteroatoms. The Hall–Kier alpha value is -1.28. The fourth-order valence-corrected chi connectivity index (χ4v) is 2.39. The first-order chi connectivity index (χ1) is 8.24. The van der Waals surface area contributed by atoms with Gasteiger partial charge in [0.15, 0.2) is 0 Å². The summed E-state index contributed by atoms with van der Waals surface area (Å²) in [4.78, 5) is 0. The van der Waals surface area contributed by atoms with Gasteiger partial charge in [-0.25, -0.2) is 0 Å². The van der Waals surface area contributed by atoms with Gasteiger partial charge in [-0.15, -0.1) is 0 Å². The summed E-state index contributed by atoms with van der Waals surface area (Å²) in [7, 11) is 0. The van der Waals surface area contributed by atoms with Crippen molar-refractivity contribution < 1.29 is 5.11 Å². The van der Waals surface area contributed by atoms with Crippen LogP contribution in [0.1, 0.15) is 31.7 Å². The fraction of sp³-hybridized carbons (Fsp3) is 0.467. The molecule has 0 fully saturated rings. The molecule has 0 heterocycles. The predicted molar refractivity (Wildman–Crippen MR) is 71.2 cm³/mol. The van der Waals surface area contributed by atoms with E-state index in [0.717, 1.165) is 12.8 Å². The Morgan fingerprint density at radius 1 is 1.29 bits per heavy atom.